The first-order valence-electron chi connectivity index (χ1n) is 3.82. The maximum Gasteiger partial charge on any atom is 0.252 e. The molecule has 0 aliphatic heterocycles. The number of nitrogens with one attached hydrogen (secondary N) is 1. The smallest absolute Gasteiger partial charge is 0.252 e. The lowest BCUT2D eigenvalue weighted by Crippen LogP contribution is -2.18. The van der Waals surface area contributed by atoms with Crippen molar-refractivity contribution in [3.05, 3.63) is 30.4 Å². The number of amides is 1. The molecule has 66 valence electrons. The Balaban J connectivity index is 2.54. The highest BCUT2D eigenvalue weighted by Crippen LogP contribution is 2.03. The predicted octanol–water partition coefficient (Wildman–Crippen LogP) is 0.0889. The Labute approximate surface area is 74.4 Å². The van der Waals surface area contributed by atoms with E-state index in [1.54, 1.807) is 30.2 Å². The van der Waals surface area contributed by atoms with Crippen LogP contribution in [0.1, 0.15) is 10.4 Å². The predicted molar refractivity (Wildman–Crippen MR) is 46.4 cm³/mol. The van der Waals surface area contributed by atoms with E-state index in [2.05, 4.69) is 15.4 Å². The zero-order chi connectivity index (χ0) is 9.26. The van der Waals surface area contributed by atoms with Crippen LogP contribution < -0.4 is 5.32 Å². The van der Waals surface area contributed by atoms with Crippen LogP contribution in [-0.2, 0) is 0 Å². The van der Waals surface area contributed by atoms with Crippen LogP contribution in [-0.4, -0.2) is 27.6 Å². The van der Waals surface area contributed by atoms with Gasteiger partial charge in [0, 0.05) is 7.05 Å². The van der Waals surface area contributed by atoms with Crippen molar-refractivity contribution in [2.45, 2.75) is 0 Å². The van der Waals surface area contributed by atoms with Gasteiger partial charge in [-0.2, -0.15) is 5.10 Å². The monoisotopic (exact) mass is 176 g/mol. The molecule has 0 saturated carbocycles. The van der Waals surface area contributed by atoms with Gasteiger partial charge in [-0.15, -0.1) is 0 Å². The number of carbonyl (C=O) groups excluding carboxylic acids is 1. The van der Waals surface area contributed by atoms with Crippen molar-refractivity contribution < 1.29 is 4.79 Å². The summed E-state index contributed by atoms with van der Waals surface area (Å²) in [5.74, 6) is -0.142. The van der Waals surface area contributed by atoms with E-state index >= 15 is 0 Å². The van der Waals surface area contributed by atoms with Crippen LogP contribution in [0.5, 0.6) is 0 Å². The molecule has 13 heavy (non-hydrogen) atoms. The highest BCUT2D eigenvalue weighted by atomic mass is 16.1. The van der Waals surface area contributed by atoms with Gasteiger partial charge in [-0.1, -0.05) is 0 Å². The molecule has 5 nitrogen and oxygen atoms in total. The van der Waals surface area contributed by atoms with Crippen LogP contribution in [0.2, 0.25) is 0 Å². The molecular formula is C8H8N4O. The van der Waals surface area contributed by atoms with Crippen LogP contribution in [0.15, 0.2) is 24.8 Å². The second kappa shape index (κ2) is 2.85. The van der Waals surface area contributed by atoms with Gasteiger partial charge in [-0.25, -0.2) is 9.50 Å². The van der Waals surface area contributed by atoms with E-state index in [-0.39, 0.29) is 5.91 Å². The van der Waals surface area contributed by atoms with Crippen LogP contribution in [0.3, 0.4) is 0 Å². The Bertz CT molecular complexity index is 448. The molecule has 5 heteroatoms. The molecule has 0 aliphatic rings. The van der Waals surface area contributed by atoms with Crippen molar-refractivity contribution in [2.75, 3.05) is 7.05 Å². The lowest BCUT2D eigenvalue weighted by atomic mass is 10.3. The summed E-state index contributed by atoms with van der Waals surface area (Å²) >= 11 is 0. The molecule has 1 amide bonds. The minimum Gasteiger partial charge on any atom is -0.355 e. The first kappa shape index (κ1) is 7.72. The van der Waals surface area contributed by atoms with Gasteiger partial charge < -0.3 is 5.32 Å². The van der Waals surface area contributed by atoms with Gasteiger partial charge >= 0.3 is 0 Å². The molecule has 0 aliphatic carbocycles. The SMILES string of the molecule is CNC(=O)c1cnn2cncc2c1. The molecular weight excluding hydrogens is 168 g/mol. The number of hydrogen-bond donors (Lipinski definition) is 1. The van der Waals surface area contributed by atoms with Gasteiger partial charge in [-0.3, -0.25) is 4.79 Å². The summed E-state index contributed by atoms with van der Waals surface area (Å²) in [6.45, 7) is 0. The Morgan fingerprint density at radius 2 is 2.38 bits per heavy atom. The van der Waals surface area contributed by atoms with E-state index in [0.29, 0.717) is 5.56 Å². The van der Waals surface area contributed by atoms with E-state index in [4.69, 9.17) is 0 Å². The maximum absolute atomic E-state index is 11.2. The third-order valence-electron chi connectivity index (χ3n) is 1.76. The molecule has 0 fully saturated rings. The third-order valence-corrected chi connectivity index (χ3v) is 1.76. The molecule has 0 atom stereocenters. The van der Waals surface area contributed by atoms with Crippen molar-refractivity contribution in [2.24, 2.45) is 0 Å². The van der Waals surface area contributed by atoms with E-state index in [1.165, 1.54) is 6.20 Å². The first-order chi connectivity index (χ1) is 6.31. The van der Waals surface area contributed by atoms with Gasteiger partial charge in [0.05, 0.1) is 23.5 Å². The largest absolute Gasteiger partial charge is 0.355 e. The van der Waals surface area contributed by atoms with Crippen LogP contribution in [0.25, 0.3) is 5.52 Å². The molecule has 0 radical (unpaired) electrons. The van der Waals surface area contributed by atoms with E-state index in [9.17, 15) is 4.79 Å². The average Bonchev–Trinajstić information content (AvgIpc) is 2.63. The van der Waals surface area contributed by atoms with E-state index in [0.717, 1.165) is 5.52 Å². The van der Waals surface area contributed by atoms with Gasteiger partial charge in [0.15, 0.2) is 0 Å². The van der Waals surface area contributed by atoms with Crippen LogP contribution in [0, 0.1) is 0 Å². The van der Waals surface area contributed by atoms with Crippen molar-refractivity contribution in [3.8, 4) is 0 Å². The topological polar surface area (TPSA) is 59.3 Å². The minimum atomic E-state index is -0.142. The third kappa shape index (κ3) is 1.24. The molecule has 2 aromatic rings. The summed E-state index contributed by atoms with van der Waals surface area (Å²) in [6.07, 6.45) is 4.75. The zero-order valence-corrected chi connectivity index (χ0v) is 7.06. The maximum atomic E-state index is 11.2. The number of carbonyl (C=O) groups is 1. The number of nitrogens with zero attached hydrogens (tertiary/aromatic N) is 3. The fraction of sp³-hybridized carbons (Fsp3) is 0.125. The van der Waals surface area contributed by atoms with Gasteiger partial charge in [-0.05, 0) is 6.07 Å². The normalized spacial score (nSPS) is 10.2. The number of imidazole rings is 1. The Morgan fingerprint density at radius 3 is 3.15 bits per heavy atom. The summed E-state index contributed by atoms with van der Waals surface area (Å²) in [4.78, 5) is 15.1. The summed E-state index contributed by atoms with van der Waals surface area (Å²) in [6, 6.07) is 1.73. The van der Waals surface area contributed by atoms with Crippen molar-refractivity contribution in [1.29, 1.82) is 0 Å². The van der Waals surface area contributed by atoms with Gasteiger partial charge in [0.25, 0.3) is 5.91 Å². The minimum absolute atomic E-state index is 0.142. The number of fused-ring (bicyclic) bond motifs is 1. The van der Waals surface area contributed by atoms with Crippen molar-refractivity contribution >= 4 is 11.4 Å². The van der Waals surface area contributed by atoms with Gasteiger partial charge in [0.2, 0.25) is 0 Å². The fourth-order valence-corrected chi connectivity index (χ4v) is 1.09. The second-order valence-electron chi connectivity index (χ2n) is 2.59. The molecule has 0 saturated heterocycles. The molecule has 2 aromatic heterocycles. The molecule has 0 unspecified atom stereocenters. The van der Waals surface area contributed by atoms with Crippen molar-refractivity contribution in [1.82, 2.24) is 19.9 Å². The quantitative estimate of drug-likeness (QED) is 0.669. The first-order valence-corrected chi connectivity index (χ1v) is 3.82. The van der Waals surface area contributed by atoms with Crippen LogP contribution >= 0.6 is 0 Å². The van der Waals surface area contributed by atoms with Gasteiger partial charge in [0.1, 0.15) is 6.33 Å². The van der Waals surface area contributed by atoms with Crippen molar-refractivity contribution in [3.63, 3.8) is 0 Å². The van der Waals surface area contributed by atoms with Crippen LogP contribution in [0.4, 0.5) is 0 Å². The highest BCUT2D eigenvalue weighted by molar-refractivity contribution is 5.94. The molecule has 0 bridgehead atoms. The lowest BCUT2D eigenvalue weighted by Gasteiger charge is -1.98. The van der Waals surface area contributed by atoms with E-state index in [1.807, 2.05) is 0 Å². The summed E-state index contributed by atoms with van der Waals surface area (Å²) in [5.41, 5.74) is 1.34. The average molecular weight is 176 g/mol. The zero-order valence-electron chi connectivity index (χ0n) is 7.06. The molecule has 0 aromatic carbocycles. The Kier molecular flexibility index (Phi) is 1.70. The fourth-order valence-electron chi connectivity index (χ4n) is 1.09. The summed E-state index contributed by atoms with van der Waals surface area (Å²) in [7, 11) is 1.59. The lowest BCUT2D eigenvalue weighted by molar-refractivity contribution is 0.0962. The number of rotatable bonds is 1. The molecule has 1 N–H and O–H groups in total. The standard InChI is InChI=1S/C8H8N4O/c1-9-8(13)6-2-7-4-10-5-12(7)11-3-6/h2-5H,1H3,(H,9,13). The second-order valence-corrected chi connectivity index (χ2v) is 2.59. The summed E-state index contributed by atoms with van der Waals surface area (Å²) in [5, 5.41) is 6.53. The van der Waals surface area contributed by atoms with E-state index < -0.39 is 0 Å². The Hall–Kier alpha value is -1.91. The highest BCUT2D eigenvalue weighted by Gasteiger charge is 2.04. The number of aromatic nitrogens is 3. The molecule has 0 spiro atoms. The molecule has 2 rings (SSSR count). The summed E-state index contributed by atoms with van der Waals surface area (Å²) < 4.78 is 1.60. The Morgan fingerprint density at radius 1 is 1.54 bits per heavy atom. The number of hydrogen-bond acceptors (Lipinski definition) is 3. The molecule has 2 heterocycles.